The molecule has 3 aromatic rings. The lowest BCUT2D eigenvalue weighted by atomic mass is 9.97. The van der Waals surface area contributed by atoms with Crippen LogP contribution in [0.25, 0.3) is 0 Å². The zero-order valence-corrected chi connectivity index (χ0v) is 21.1. The van der Waals surface area contributed by atoms with Gasteiger partial charge in [-0.3, -0.25) is 9.59 Å². The summed E-state index contributed by atoms with van der Waals surface area (Å²) in [5.41, 5.74) is -0.998. The van der Waals surface area contributed by atoms with Crippen LogP contribution < -0.4 is 15.4 Å². The molecule has 0 radical (unpaired) electrons. The van der Waals surface area contributed by atoms with Crippen LogP contribution in [0, 0.1) is 0 Å². The van der Waals surface area contributed by atoms with E-state index in [1.54, 1.807) is 23.9 Å². The van der Waals surface area contributed by atoms with E-state index in [0.717, 1.165) is 6.07 Å². The Morgan fingerprint density at radius 1 is 1.16 bits per heavy atom. The van der Waals surface area contributed by atoms with Gasteiger partial charge in [-0.05, 0) is 54.5 Å². The molecule has 1 aliphatic rings. The van der Waals surface area contributed by atoms with Gasteiger partial charge < -0.3 is 20.5 Å². The van der Waals surface area contributed by atoms with Gasteiger partial charge in [0.15, 0.2) is 0 Å². The van der Waals surface area contributed by atoms with Crippen LogP contribution in [0.2, 0.25) is 0 Å². The van der Waals surface area contributed by atoms with Crippen molar-refractivity contribution in [2.75, 3.05) is 11.5 Å². The fourth-order valence-electron chi connectivity index (χ4n) is 3.88. The lowest BCUT2D eigenvalue weighted by molar-refractivity contribution is -0.138. The average Bonchev–Trinajstić information content (AvgIpc) is 3.37. The molecule has 1 fully saturated rings. The van der Waals surface area contributed by atoms with Crippen molar-refractivity contribution < 1.29 is 32.6 Å². The van der Waals surface area contributed by atoms with Gasteiger partial charge in [0.05, 0.1) is 17.2 Å². The molecule has 2 amide bonds. The van der Waals surface area contributed by atoms with Gasteiger partial charge in [-0.15, -0.1) is 0 Å². The van der Waals surface area contributed by atoms with Crippen LogP contribution in [0.4, 0.5) is 13.2 Å². The van der Waals surface area contributed by atoms with Gasteiger partial charge in [0.2, 0.25) is 5.91 Å². The minimum atomic E-state index is -4.66. The maximum absolute atomic E-state index is 13.5. The maximum Gasteiger partial charge on any atom is 0.419 e. The summed E-state index contributed by atoms with van der Waals surface area (Å²) >= 11 is 1.56. The van der Waals surface area contributed by atoms with Crippen LogP contribution in [0.1, 0.15) is 46.5 Å². The highest BCUT2D eigenvalue weighted by Crippen LogP contribution is 2.39. The minimum Gasteiger partial charge on any atom is -0.457 e. The predicted octanol–water partition coefficient (Wildman–Crippen LogP) is 4.26. The van der Waals surface area contributed by atoms with Crippen LogP contribution in [0.5, 0.6) is 11.5 Å². The Hall–Kier alpha value is -3.64. The zero-order valence-electron chi connectivity index (χ0n) is 20.3. The van der Waals surface area contributed by atoms with Crippen molar-refractivity contribution in [1.82, 2.24) is 20.6 Å². The number of aromatic nitrogens is 2. The third-order valence-corrected chi connectivity index (χ3v) is 7.22. The molecule has 200 valence electrons. The van der Waals surface area contributed by atoms with Gasteiger partial charge in [0.25, 0.3) is 5.91 Å². The molecule has 3 N–H and O–H groups in total. The lowest BCUT2D eigenvalue weighted by Gasteiger charge is -2.28. The van der Waals surface area contributed by atoms with Gasteiger partial charge in [0, 0.05) is 24.7 Å². The summed E-state index contributed by atoms with van der Waals surface area (Å²) in [4.78, 5) is 33.4. The monoisotopic (exact) mass is 546 g/mol. The van der Waals surface area contributed by atoms with E-state index in [1.165, 1.54) is 49.9 Å². The van der Waals surface area contributed by atoms with Crippen LogP contribution >= 0.6 is 11.8 Å². The number of halogens is 3. The number of hydrogen-bond donors (Lipinski definition) is 3. The van der Waals surface area contributed by atoms with Gasteiger partial charge >= 0.3 is 6.18 Å². The molecule has 0 saturated carbocycles. The fraction of sp³-hybridized carbons (Fsp3) is 0.308. The Bertz CT molecular complexity index is 1280. The molecule has 8 nitrogen and oxygen atoms in total. The molecule has 4 rings (SSSR count). The fourth-order valence-corrected chi connectivity index (χ4v) is 5.21. The summed E-state index contributed by atoms with van der Waals surface area (Å²) < 4.78 is 46.1. The second-order valence-electron chi connectivity index (χ2n) is 8.82. The Labute approximate surface area is 221 Å². The number of benzene rings is 2. The van der Waals surface area contributed by atoms with E-state index in [9.17, 15) is 27.9 Å². The average molecular weight is 547 g/mol. The Morgan fingerprint density at radius 2 is 1.87 bits per heavy atom. The number of carbonyl (C=O) groups excluding carboxylic acids is 2. The Morgan fingerprint density at radius 3 is 2.47 bits per heavy atom. The normalized spacial score (nSPS) is 18.0. The van der Waals surface area contributed by atoms with E-state index >= 15 is 0 Å². The highest BCUT2D eigenvalue weighted by molar-refractivity contribution is 7.99. The molecule has 1 aliphatic heterocycles. The first kappa shape index (κ1) is 27.4. The molecule has 2 unspecified atom stereocenters. The molecule has 0 aliphatic carbocycles. The minimum absolute atomic E-state index is 0.127. The number of nitrogens with zero attached hydrogens (tertiary/aromatic N) is 2. The zero-order chi connectivity index (χ0) is 27.3. The number of amides is 2. The van der Waals surface area contributed by atoms with Gasteiger partial charge in [-0.2, -0.15) is 24.9 Å². The topological polar surface area (TPSA) is 113 Å². The highest BCUT2D eigenvalue weighted by Gasteiger charge is 2.43. The van der Waals surface area contributed by atoms with Crippen molar-refractivity contribution in [3.05, 3.63) is 83.4 Å². The predicted molar refractivity (Wildman–Crippen MR) is 135 cm³/mol. The number of carbonyl (C=O) groups is 2. The van der Waals surface area contributed by atoms with E-state index in [0.29, 0.717) is 23.5 Å². The highest BCUT2D eigenvalue weighted by atomic mass is 32.2. The SMILES string of the molecule is CC(O)c1ccc(Oc2ccc(CNC(=O)C3(NC(=O)c4cncnc4)CCSC3)cc2)c(C(F)(F)F)c1. The van der Waals surface area contributed by atoms with Crippen molar-refractivity contribution >= 4 is 23.6 Å². The molecule has 1 saturated heterocycles. The number of hydrogen-bond acceptors (Lipinski definition) is 7. The summed E-state index contributed by atoms with van der Waals surface area (Å²) in [7, 11) is 0. The van der Waals surface area contributed by atoms with Gasteiger partial charge in [-0.25, -0.2) is 9.97 Å². The van der Waals surface area contributed by atoms with Crippen LogP contribution in [-0.2, 0) is 17.5 Å². The van der Waals surface area contributed by atoms with E-state index < -0.39 is 29.3 Å². The Kier molecular flexibility index (Phi) is 8.22. The number of ether oxygens (including phenoxy) is 1. The quantitative estimate of drug-likeness (QED) is 0.387. The molecule has 38 heavy (non-hydrogen) atoms. The van der Waals surface area contributed by atoms with Crippen molar-refractivity contribution in [3.8, 4) is 11.5 Å². The maximum atomic E-state index is 13.5. The van der Waals surface area contributed by atoms with Gasteiger partial charge in [-0.1, -0.05) is 18.2 Å². The smallest absolute Gasteiger partial charge is 0.419 e. The van der Waals surface area contributed by atoms with Crippen molar-refractivity contribution in [2.24, 2.45) is 0 Å². The number of aliphatic hydroxyl groups excluding tert-OH is 1. The molecule has 1 aromatic heterocycles. The lowest BCUT2D eigenvalue weighted by Crippen LogP contribution is -2.59. The van der Waals surface area contributed by atoms with E-state index in [-0.39, 0.29) is 35.1 Å². The number of aliphatic hydroxyl groups is 1. The van der Waals surface area contributed by atoms with E-state index in [2.05, 4.69) is 20.6 Å². The molecule has 2 heterocycles. The van der Waals surface area contributed by atoms with Gasteiger partial charge in [0.1, 0.15) is 23.4 Å². The number of thioether (sulfide) groups is 1. The first-order chi connectivity index (χ1) is 18.1. The molecule has 0 spiro atoms. The summed E-state index contributed by atoms with van der Waals surface area (Å²) in [5.74, 6) is 0.147. The molecule has 2 aromatic carbocycles. The summed E-state index contributed by atoms with van der Waals surface area (Å²) in [6, 6.07) is 9.68. The van der Waals surface area contributed by atoms with Crippen molar-refractivity contribution in [3.63, 3.8) is 0 Å². The number of nitrogens with one attached hydrogen (secondary N) is 2. The molecule has 0 bridgehead atoms. The summed E-state index contributed by atoms with van der Waals surface area (Å²) in [6.07, 6.45) is -1.20. The first-order valence-electron chi connectivity index (χ1n) is 11.7. The molecular weight excluding hydrogens is 521 g/mol. The second kappa shape index (κ2) is 11.4. The Balaban J connectivity index is 1.41. The largest absolute Gasteiger partial charge is 0.457 e. The summed E-state index contributed by atoms with van der Waals surface area (Å²) in [6.45, 7) is 1.53. The van der Waals surface area contributed by atoms with Crippen LogP contribution in [0.3, 0.4) is 0 Å². The number of rotatable bonds is 8. The van der Waals surface area contributed by atoms with Crippen LogP contribution in [-0.4, -0.2) is 43.9 Å². The van der Waals surface area contributed by atoms with Crippen molar-refractivity contribution in [1.29, 1.82) is 0 Å². The summed E-state index contributed by atoms with van der Waals surface area (Å²) in [5, 5.41) is 15.3. The second-order valence-corrected chi connectivity index (χ2v) is 9.93. The first-order valence-corrected chi connectivity index (χ1v) is 12.8. The number of alkyl halides is 3. The molecule has 12 heteroatoms. The molecule has 2 atom stereocenters. The van der Waals surface area contributed by atoms with E-state index in [1.807, 2.05) is 0 Å². The third-order valence-electron chi connectivity index (χ3n) is 6.03. The van der Waals surface area contributed by atoms with E-state index in [4.69, 9.17) is 4.74 Å². The van der Waals surface area contributed by atoms with Crippen molar-refractivity contribution in [2.45, 2.75) is 37.7 Å². The van der Waals surface area contributed by atoms with Crippen LogP contribution in [0.15, 0.2) is 61.2 Å². The third kappa shape index (κ3) is 6.43. The standard InChI is InChI=1S/C26H25F3N4O4S/c1-16(34)18-4-7-22(21(10-18)26(27,28)29)37-20-5-2-17(3-6-20)11-32-24(36)25(8-9-38-14-25)33-23(35)19-12-30-15-31-13-19/h2-7,10,12-13,15-16,34H,8-9,11,14H2,1H3,(H,32,36)(H,33,35). The molecular formula is C26H25F3N4O4S.